The number of carbonyl (C=O) groups excluding carboxylic acids is 2. The van der Waals surface area contributed by atoms with E-state index in [1.165, 1.54) is 0 Å². The molecule has 0 aromatic carbocycles. The van der Waals surface area contributed by atoms with Crippen LogP contribution in [0.1, 0.15) is 12.8 Å². The van der Waals surface area contributed by atoms with Crippen molar-refractivity contribution in [3.8, 4) is 0 Å². The number of aromatic nitrogens is 2. The molecule has 1 aliphatic heterocycles. The molecule has 2 amide bonds. The van der Waals surface area contributed by atoms with E-state index in [0.29, 0.717) is 13.0 Å². The van der Waals surface area contributed by atoms with Gasteiger partial charge in [0.25, 0.3) is 0 Å². The van der Waals surface area contributed by atoms with Crippen molar-refractivity contribution in [1.82, 2.24) is 15.3 Å². The molecule has 1 aromatic rings. The van der Waals surface area contributed by atoms with E-state index in [-0.39, 0.29) is 30.1 Å². The molecule has 2 heterocycles. The molecule has 1 saturated heterocycles. The molecule has 0 aliphatic carbocycles. The third-order valence-electron chi connectivity index (χ3n) is 2.42. The lowest BCUT2D eigenvalue weighted by molar-refractivity contribution is -0.129. The normalized spacial score (nSPS) is 20.0. The minimum atomic E-state index is -0.280. The summed E-state index contributed by atoms with van der Waals surface area (Å²) in [5.74, 6) is -0.280. The molecule has 1 aromatic heterocycles. The summed E-state index contributed by atoms with van der Waals surface area (Å²) in [5.41, 5.74) is 0. The first-order chi connectivity index (χ1) is 7.75. The van der Waals surface area contributed by atoms with Gasteiger partial charge in [0.1, 0.15) is 0 Å². The van der Waals surface area contributed by atoms with Gasteiger partial charge in [-0.05, 0) is 12.5 Å². The van der Waals surface area contributed by atoms with Gasteiger partial charge >= 0.3 is 0 Å². The second kappa shape index (κ2) is 4.69. The van der Waals surface area contributed by atoms with Crippen molar-refractivity contribution in [2.45, 2.75) is 12.8 Å². The van der Waals surface area contributed by atoms with Crippen LogP contribution in [0.2, 0.25) is 0 Å². The van der Waals surface area contributed by atoms with E-state index in [2.05, 4.69) is 20.6 Å². The van der Waals surface area contributed by atoms with Crippen molar-refractivity contribution in [1.29, 1.82) is 0 Å². The van der Waals surface area contributed by atoms with Gasteiger partial charge in [-0.3, -0.25) is 14.9 Å². The number of nitrogens with one attached hydrogen (secondary N) is 2. The van der Waals surface area contributed by atoms with Gasteiger partial charge < -0.3 is 5.32 Å². The van der Waals surface area contributed by atoms with Crippen LogP contribution in [-0.4, -0.2) is 28.3 Å². The van der Waals surface area contributed by atoms with Gasteiger partial charge in [-0.15, -0.1) is 0 Å². The predicted molar refractivity (Wildman–Crippen MR) is 56.4 cm³/mol. The van der Waals surface area contributed by atoms with E-state index in [9.17, 15) is 9.59 Å². The summed E-state index contributed by atoms with van der Waals surface area (Å²) in [6, 6.07) is 1.67. The quantitative estimate of drug-likeness (QED) is 0.731. The lowest BCUT2D eigenvalue weighted by Crippen LogP contribution is -2.38. The Morgan fingerprint density at radius 3 is 2.88 bits per heavy atom. The summed E-state index contributed by atoms with van der Waals surface area (Å²) in [5, 5.41) is 5.27. The lowest BCUT2D eigenvalue weighted by atomic mass is 9.97. The predicted octanol–water partition coefficient (Wildman–Crippen LogP) is -0.0587. The Hall–Kier alpha value is -1.98. The van der Waals surface area contributed by atoms with E-state index >= 15 is 0 Å². The Kier molecular flexibility index (Phi) is 3.09. The van der Waals surface area contributed by atoms with Crippen LogP contribution in [-0.2, 0) is 9.59 Å². The van der Waals surface area contributed by atoms with Crippen LogP contribution in [0, 0.1) is 5.92 Å². The smallest absolute Gasteiger partial charge is 0.230 e. The average Bonchev–Trinajstić information content (AvgIpc) is 2.30. The summed E-state index contributed by atoms with van der Waals surface area (Å²) >= 11 is 0. The van der Waals surface area contributed by atoms with E-state index in [4.69, 9.17) is 0 Å². The van der Waals surface area contributed by atoms with Gasteiger partial charge in [-0.25, -0.2) is 9.97 Å². The fraction of sp³-hybridized carbons (Fsp3) is 0.400. The second-order valence-corrected chi connectivity index (χ2v) is 3.60. The maximum absolute atomic E-state index is 11.7. The van der Waals surface area contributed by atoms with Crippen molar-refractivity contribution in [2.75, 3.05) is 11.9 Å². The Labute approximate surface area is 92.5 Å². The molecule has 84 valence electrons. The molecule has 1 unspecified atom stereocenters. The first-order valence-electron chi connectivity index (χ1n) is 5.10. The highest BCUT2D eigenvalue weighted by molar-refractivity contribution is 5.94. The Bertz CT molecular complexity index is 393. The fourth-order valence-corrected chi connectivity index (χ4v) is 1.58. The topological polar surface area (TPSA) is 84.0 Å². The highest BCUT2D eigenvalue weighted by atomic mass is 16.2. The van der Waals surface area contributed by atoms with E-state index < -0.39 is 0 Å². The van der Waals surface area contributed by atoms with Crippen molar-refractivity contribution in [2.24, 2.45) is 5.92 Å². The minimum Gasteiger partial charge on any atom is -0.356 e. The van der Waals surface area contributed by atoms with E-state index in [1.807, 2.05) is 0 Å². The van der Waals surface area contributed by atoms with Crippen LogP contribution < -0.4 is 10.6 Å². The number of hydrogen-bond acceptors (Lipinski definition) is 4. The molecular formula is C10H12N4O2. The number of rotatable bonds is 2. The lowest BCUT2D eigenvalue weighted by Gasteiger charge is -2.20. The van der Waals surface area contributed by atoms with Gasteiger partial charge in [-0.2, -0.15) is 0 Å². The second-order valence-electron chi connectivity index (χ2n) is 3.60. The molecule has 6 nitrogen and oxygen atoms in total. The highest BCUT2D eigenvalue weighted by Crippen LogP contribution is 2.14. The monoisotopic (exact) mass is 220 g/mol. The summed E-state index contributed by atoms with van der Waals surface area (Å²) in [4.78, 5) is 30.6. The molecule has 1 atom stereocenters. The Morgan fingerprint density at radius 1 is 1.44 bits per heavy atom. The van der Waals surface area contributed by atoms with Crippen molar-refractivity contribution >= 4 is 17.8 Å². The SMILES string of the molecule is O=C1CC(C(=O)Nc2ncccn2)CCN1. The maximum atomic E-state index is 11.7. The number of anilines is 1. The van der Waals surface area contributed by atoms with Gasteiger partial charge in [0, 0.05) is 31.3 Å². The zero-order valence-corrected chi connectivity index (χ0v) is 8.64. The van der Waals surface area contributed by atoms with Crippen LogP contribution in [0.5, 0.6) is 0 Å². The molecule has 2 N–H and O–H groups in total. The zero-order valence-electron chi connectivity index (χ0n) is 8.64. The van der Waals surface area contributed by atoms with Gasteiger partial charge in [-0.1, -0.05) is 0 Å². The van der Waals surface area contributed by atoms with Gasteiger partial charge in [0.15, 0.2) is 0 Å². The van der Waals surface area contributed by atoms with Crippen LogP contribution >= 0.6 is 0 Å². The Morgan fingerprint density at radius 2 is 2.19 bits per heavy atom. The molecule has 2 rings (SSSR count). The third kappa shape index (κ3) is 2.53. The molecule has 16 heavy (non-hydrogen) atoms. The number of hydrogen-bond donors (Lipinski definition) is 2. The van der Waals surface area contributed by atoms with Crippen LogP contribution in [0.4, 0.5) is 5.95 Å². The molecular weight excluding hydrogens is 208 g/mol. The average molecular weight is 220 g/mol. The van der Waals surface area contributed by atoms with Crippen molar-refractivity contribution in [3.63, 3.8) is 0 Å². The molecule has 0 radical (unpaired) electrons. The zero-order chi connectivity index (χ0) is 11.4. The molecule has 6 heteroatoms. The minimum absolute atomic E-state index is 0.0830. The first kappa shape index (κ1) is 10.5. The fourth-order valence-electron chi connectivity index (χ4n) is 1.58. The van der Waals surface area contributed by atoms with Crippen LogP contribution in [0.25, 0.3) is 0 Å². The number of nitrogens with zero attached hydrogens (tertiary/aromatic N) is 2. The summed E-state index contributed by atoms with van der Waals surface area (Å²) in [6.07, 6.45) is 4.00. The molecule has 1 fully saturated rings. The summed E-state index contributed by atoms with van der Waals surface area (Å²) in [7, 11) is 0. The number of amides is 2. The summed E-state index contributed by atoms with van der Waals surface area (Å²) < 4.78 is 0. The number of piperidine rings is 1. The van der Waals surface area contributed by atoms with Crippen LogP contribution in [0.3, 0.4) is 0 Å². The molecule has 1 aliphatic rings. The third-order valence-corrected chi connectivity index (χ3v) is 2.42. The summed E-state index contributed by atoms with van der Waals surface area (Å²) in [6.45, 7) is 0.548. The largest absolute Gasteiger partial charge is 0.356 e. The number of carbonyl (C=O) groups is 2. The van der Waals surface area contributed by atoms with Gasteiger partial charge in [0.05, 0.1) is 0 Å². The first-order valence-corrected chi connectivity index (χ1v) is 5.10. The molecule has 0 bridgehead atoms. The van der Waals surface area contributed by atoms with Crippen LogP contribution in [0.15, 0.2) is 18.5 Å². The standard InChI is InChI=1S/C10H12N4O2/c15-8-6-7(2-5-11-8)9(16)14-10-12-3-1-4-13-10/h1,3-4,7H,2,5-6H2,(H,11,15)(H,12,13,14,16). The molecule has 0 spiro atoms. The van der Waals surface area contributed by atoms with E-state index in [1.54, 1.807) is 18.5 Å². The van der Waals surface area contributed by atoms with E-state index in [0.717, 1.165) is 0 Å². The maximum Gasteiger partial charge on any atom is 0.230 e. The molecule has 0 saturated carbocycles. The van der Waals surface area contributed by atoms with Crippen molar-refractivity contribution in [3.05, 3.63) is 18.5 Å². The Balaban J connectivity index is 1.95. The van der Waals surface area contributed by atoms with Crippen molar-refractivity contribution < 1.29 is 9.59 Å². The highest BCUT2D eigenvalue weighted by Gasteiger charge is 2.25. The van der Waals surface area contributed by atoms with Gasteiger partial charge in [0.2, 0.25) is 17.8 Å².